The smallest absolute Gasteiger partial charge is 0.226 e. The van der Waals surface area contributed by atoms with Crippen molar-refractivity contribution in [3.63, 3.8) is 0 Å². The topological polar surface area (TPSA) is 41.1 Å². The molecule has 74 valence electrons. The van der Waals surface area contributed by atoms with Gasteiger partial charge in [-0.2, -0.15) is 0 Å². The van der Waals surface area contributed by atoms with Crippen LogP contribution in [-0.4, -0.2) is 12.5 Å². The SMILES string of the molecule is O=C1CCNc2cc(F)c(I)cc2N1. The Morgan fingerprint density at radius 1 is 1.36 bits per heavy atom. The van der Waals surface area contributed by atoms with Crippen LogP contribution in [0.1, 0.15) is 6.42 Å². The van der Waals surface area contributed by atoms with E-state index in [2.05, 4.69) is 10.6 Å². The molecule has 5 heteroatoms. The molecule has 0 aliphatic carbocycles. The van der Waals surface area contributed by atoms with Gasteiger partial charge in [0, 0.05) is 19.0 Å². The fraction of sp³-hybridized carbons (Fsp3) is 0.222. The normalized spacial score (nSPS) is 15.1. The molecular weight excluding hydrogens is 298 g/mol. The van der Waals surface area contributed by atoms with Crippen molar-refractivity contribution in [1.82, 2.24) is 0 Å². The summed E-state index contributed by atoms with van der Waals surface area (Å²) in [6, 6.07) is 3.03. The number of hydrogen-bond acceptors (Lipinski definition) is 2. The molecule has 0 atom stereocenters. The highest BCUT2D eigenvalue weighted by Gasteiger charge is 2.14. The molecule has 2 N–H and O–H groups in total. The minimum atomic E-state index is -0.270. The largest absolute Gasteiger partial charge is 0.383 e. The molecule has 1 heterocycles. The molecule has 0 fully saturated rings. The Kier molecular flexibility index (Phi) is 2.58. The summed E-state index contributed by atoms with van der Waals surface area (Å²) in [4.78, 5) is 11.2. The van der Waals surface area contributed by atoms with Crippen LogP contribution in [0.4, 0.5) is 15.8 Å². The van der Waals surface area contributed by atoms with E-state index in [1.54, 1.807) is 6.07 Å². The third-order valence-corrected chi connectivity index (χ3v) is 2.83. The first-order chi connectivity index (χ1) is 6.66. The van der Waals surface area contributed by atoms with Gasteiger partial charge in [0.25, 0.3) is 0 Å². The van der Waals surface area contributed by atoms with Gasteiger partial charge < -0.3 is 10.6 Å². The molecule has 1 aliphatic rings. The van der Waals surface area contributed by atoms with Gasteiger partial charge in [0.05, 0.1) is 14.9 Å². The van der Waals surface area contributed by atoms with Crippen LogP contribution in [-0.2, 0) is 4.79 Å². The lowest BCUT2D eigenvalue weighted by atomic mass is 10.2. The Balaban J connectivity index is 2.46. The van der Waals surface area contributed by atoms with Crippen LogP contribution in [0.3, 0.4) is 0 Å². The van der Waals surface area contributed by atoms with E-state index in [-0.39, 0.29) is 11.7 Å². The molecular formula is C9H8FIN2O. The van der Waals surface area contributed by atoms with Gasteiger partial charge in [0.1, 0.15) is 5.82 Å². The Bertz CT molecular complexity index is 395. The van der Waals surface area contributed by atoms with Crippen LogP contribution in [0, 0.1) is 9.39 Å². The quantitative estimate of drug-likeness (QED) is 0.721. The van der Waals surface area contributed by atoms with Crippen LogP contribution >= 0.6 is 22.6 Å². The first-order valence-corrected chi connectivity index (χ1v) is 5.27. The van der Waals surface area contributed by atoms with Crippen molar-refractivity contribution in [3.05, 3.63) is 21.5 Å². The Labute approximate surface area is 94.2 Å². The monoisotopic (exact) mass is 306 g/mol. The molecule has 0 spiro atoms. The van der Waals surface area contributed by atoms with Crippen molar-refractivity contribution in [2.45, 2.75) is 6.42 Å². The summed E-state index contributed by atoms with van der Waals surface area (Å²) >= 11 is 1.90. The number of anilines is 2. The van der Waals surface area contributed by atoms with E-state index >= 15 is 0 Å². The zero-order chi connectivity index (χ0) is 10.1. The number of benzene rings is 1. The molecule has 0 saturated carbocycles. The van der Waals surface area contributed by atoms with Crippen molar-refractivity contribution >= 4 is 39.9 Å². The number of carbonyl (C=O) groups excluding carboxylic acids is 1. The van der Waals surface area contributed by atoms with Gasteiger partial charge in [-0.1, -0.05) is 0 Å². The molecule has 0 radical (unpaired) electrons. The van der Waals surface area contributed by atoms with E-state index < -0.39 is 0 Å². The second kappa shape index (κ2) is 3.72. The fourth-order valence-corrected chi connectivity index (χ4v) is 1.79. The zero-order valence-corrected chi connectivity index (χ0v) is 9.39. The second-order valence-electron chi connectivity index (χ2n) is 3.04. The van der Waals surface area contributed by atoms with Crippen molar-refractivity contribution < 1.29 is 9.18 Å². The molecule has 1 aliphatic heterocycles. The van der Waals surface area contributed by atoms with Crippen molar-refractivity contribution in [2.75, 3.05) is 17.2 Å². The van der Waals surface area contributed by atoms with Crippen LogP contribution in [0.15, 0.2) is 12.1 Å². The standard InChI is InChI=1S/C9H8FIN2O/c10-5-3-7-8(4-6(5)11)13-9(14)1-2-12-7/h3-4,12H,1-2H2,(H,13,14). The van der Waals surface area contributed by atoms with Gasteiger partial charge in [0.15, 0.2) is 0 Å². The van der Waals surface area contributed by atoms with Crippen molar-refractivity contribution in [1.29, 1.82) is 0 Å². The number of amides is 1. The van der Waals surface area contributed by atoms with E-state index in [4.69, 9.17) is 0 Å². The summed E-state index contributed by atoms with van der Waals surface area (Å²) < 4.78 is 13.7. The third-order valence-electron chi connectivity index (χ3n) is 2.00. The highest BCUT2D eigenvalue weighted by atomic mass is 127. The first kappa shape index (κ1) is 9.70. The lowest BCUT2D eigenvalue weighted by Gasteiger charge is -2.08. The number of fused-ring (bicyclic) bond motifs is 1. The van der Waals surface area contributed by atoms with E-state index in [0.717, 1.165) is 0 Å². The number of carbonyl (C=O) groups is 1. The molecule has 1 aromatic carbocycles. The highest BCUT2D eigenvalue weighted by Crippen LogP contribution is 2.28. The van der Waals surface area contributed by atoms with E-state index in [9.17, 15) is 9.18 Å². The average Bonchev–Trinajstić information content (AvgIpc) is 2.28. The highest BCUT2D eigenvalue weighted by molar-refractivity contribution is 14.1. The maximum atomic E-state index is 13.2. The molecule has 0 saturated heterocycles. The van der Waals surface area contributed by atoms with E-state index in [1.807, 2.05) is 22.6 Å². The number of halogens is 2. The minimum absolute atomic E-state index is 0.0429. The third kappa shape index (κ3) is 1.82. The summed E-state index contributed by atoms with van der Waals surface area (Å²) in [5.41, 5.74) is 1.30. The van der Waals surface area contributed by atoms with Gasteiger partial charge in [-0.15, -0.1) is 0 Å². The van der Waals surface area contributed by atoms with Gasteiger partial charge in [0.2, 0.25) is 5.91 Å². The summed E-state index contributed by atoms with van der Waals surface area (Å²) in [5, 5.41) is 5.71. The van der Waals surface area contributed by atoms with Gasteiger partial charge in [-0.25, -0.2) is 4.39 Å². The summed E-state index contributed by atoms with van der Waals surface area (Å²) in [6.07, 6.45) is 0.410. The van der Waals surface area contributed by atoms with E-state index in [1.165, 1.54) is 6.07 Å². The lowest BCUT2D eigenvalue weighted by Crippen LogP contribution is -2.10. The van der Waals surface area contributed by atoms with Crippen LogP contribution < -0.4 is 10.6 Å². The summed E-state index contributed by atoms with van der Waals surface area (Å²) in [6.45, 7) is 0.541. The molecule has 0 bridgehead atoms. The van der Waals surface area contributed by atoms with Gasteiger partial charge in [-0.05, 0) is 28.7 Å². The van der Waals surface area contributed by atoms with E-state index in [0.29, 0.717) is 27.9 Å². The summed E-state index contributed by atoms with van der Waals surface area (Å²) in [5.74, 6) is -0.313. The lowest BCUT2D eigenvalue weighted by molar-refractivity contribution is -0.115. The number of nitrogens with one attached hydrogen (secondary N) is 2. The Morgan fingerprint density at radius 2 is 2.14 bits per heavy atom. The molecule has 0 aromatic heterocycles. The number of hydrogen-bond donors (Lipinski definition) is 2. The first-order valence-electron chi connectivity index (χ1n) is 4.19. The van der Waals surface area contributed by atoms with Crippen LogP contribution in [0.2, 0.25) is 0 Å². The molecule has 3 nitrogen and oxygen atoms in total. The van der Waals surface area contributed by atoms with Crippen LogP contribution in [0.5, 0.6) is 0 Å². The van der Waals surface area contributed by atoms with Gasteiger partial charge in [-0.3, -0.25) is 4.79 Å². The molecule has 2 rings (SSSR count). The van der Waals surface area contributed by atoms with Crippen LogP contribution in [0.25, 0.3) is 0 Å². The average molecular weight is 306 g/mol. The fourth-order valence-electron chi connectivity index (χ4n) is 1.32. The maximum absolute atomic E-state index is 13.2. The maximum Gasteiger partial charge on any atom is 0.226 e. The molecule has 1 aromatic rings. The predicted octanol–water partition coefficient (Wildman–Crippen LogP) is 2.18. The Hall–Kier alpha value is -0.850. The number of rotatable bonds is 0. The predicted molar refractivity (Wildman–Crippen MR) is 60.9 cm³/mol. The Morgan fingerprint density at radius 3 is 2.93 bits per heavy atom. The van der Waals surface area contributed by atoms with Crippen molar-refractivity contribution in [2.24, 2.45) is 0 Å². The second-order valence-corrected chi connectivity index (χ2v) is 4.20. The minimum Gasteiger partial charge on any atom is -0.383 e. The molecule has 0 unspecified atom stereocenters. The molecule has 14 heavy (non-hydrogen) atoms. The summed E-state index contributed by atoms with van der Waals surface area (Å²) in [7, 11) is 0. The zero-order valence-electron chi connectivity index (χ0n) is 7.23. The molecule has 1 amide bonds. The van der Waals surface area contributed by atoms with Gasteiger partial charge >= 0.3 is 0 Å². The van der Waals surface area contributed by atoms with Crippen molar-refractivity contribution in [3.8, 4) is 0 Å².